The lowest BCUT2D eigenvalue weighted by Crippen LogP contribution is -2.04. The quantitative estimate of drug-likeness (QED) is 0.812. The standard InChI is InChI=1S/C15H14BrClFNO/c1-20-9-12-13(16)3-2-4-15(12)19-8-10-5-6-11(18)7-14(10)17/h2-7,19H,8-9H2,1H3. The molecule has 2 nitrogen and oxygen atoms in total. The van der Waals surface area contributed by atoms with Crippen molar-refractivity contribution in [3.8, 4) is 0 Å². The second-order valence-corrected chi connectivity index (χ2v) is 5.55. The molecule has 20 heavy (non-hydrogen) atoms. The van der Waals surface area contributed by atoms with Crippen LogP contribution in [0.15, 0.2) is 40.9 Å². The first-order valence-corrected chi connectivity index (χ1v) is 7.23. The van der Waals surface area contributed by atoms with Crippen LogP contribution in [0.25, 0.3) is 0 Å². The molecule has 0 spiro atoms. The molecular formula is C15H14BrClFNO. The zero-order chi connectivity index (χ0) is 14.5. The van der Waals surface area contributed by atoms with Crippen molar-refractivity contribution in [2.24, 2.45) is 0 Å². The lowest BCUT2D eigenvalue weighted by molar-refractivity contribution is 0.185. The monoisotopic (exact) mass is 357 g/mol. The molecule has 2 aromatic rings. The van der Waals surface area contributed by atoms with E-state index in [0.29, 0.717) is 18.2 Å². The summed E-state index contributed by atoms with van der Waals surface area (Å²) < 4.78 is 19.2. The molecule has 106 valence electrons. The molecule has 0 radical (unpaired) electrons. The molecule has 0 fully saturated rings. The largest absolute Gasteiger partial charge is 0.381 e. The van der Waals surface area contributed by atoms with Crippen LogP contribution >= 0.6 is 27.5 Å². The van der Waals surface area contributed by atoms with Gasteiger partial charge in [-0.1, -0.05) is 39.7 Å². The predicted molar refractivity (Wildman–Crippen MR) is 83.6 cm³/mol. The maximum Gasteiger partial charge on any atom is 0.124 e. The van der Waals surface area contributed by atoms with Crippen molar-refractivity contribution in [1.82, 2.24) is 0 Å². The van der Waals surface area contributed by atoms with Crippen molar-refractivity contribution in [2.45, 2.75) is 13.2 Å². The van der Waals surface area contributed by atoms with Gasteiger partial charge in [0.1, 0.15) is 5.82 Å². The van der Waals surface area contributed by atoms with E-state index >= 15 is 0 Å². The predicted octanol–water partition coefficient (Wildman–Crippen LogP) is 5.00. The van der Waals surface area contributed by atoms with Gasteiger partial charge in [-0.2, -0.15) is 0 Å². The van der Waals surface area contributed by atoms with Crippen LogP contribution in [0.2, 0.25) is 5.02 Å². The summed E-state index contributed by atoms with van der Waals surface area (Å²) in [7, 11) is 1.65. The summed E-state index contributed by atoms with van der Waals surface area (Å²) in [4.78, 5) is 0. The maximum absolute atomic E-state index is 13.0. The second kappa shape index (κ2) is 7.07. The number of hydrogen-bond donors (Lipinski definition) is 1. The van der Waals surface area contributed by atoms with Crippen molar-refractivity contribution >= 4 is 33.2 Å². The van der Waals surface area contributed by atoms with Gasteiger partial charge in [0.25, 0.3) is 0 Å². The van der Waals surface area contributed by atoms with Crippen LogP contribution in [-0.4, -0.2) is 7.11 Å². The highest BCUT2D eigenvalue weighted by atomic mass is 79.9. The molecule has 0 saturated heterocycles. The molecule has 0 unspecified atom stereocenters. The van der Waals surface area contributed by atoms with Crippen LogP contribution in [0.5, 0.6) is 0 Å². The molecule has 0 aromatic heterocycles. The summed E-state index contributed by atoms with van der Waals surface area (Å²) >= 11 is 9.52. The van der Waals surface area contributed by atoms with E-state index < -0.39 is 0 Å². The van der Waals surface area contributed by atoms with Gasteiger partial charge >= 0.3 is 0 Å². The molecule has 2 aromatic carbocycles. The Hall–Kier alpha value is -1.10. The van der Waals surface area contributed by atoms with Crippen LogP contribution < -0.4 is 5.32 Å². The number of anilines is 1. The topological polar surface area (TPSA) is 21.3 Å². The fourth-order valence-electron chi connectivity index (χ4n) is 1.87. The zero-order valence-corrected chi connectivity index (χ0v) is 13.3. The van der Waals surface area contributed by atoms with E-state index in [0.717, 1.165) is 21.3 Å². The number of rotatable bonds is 5. The summed E-state index contributed by atoms with van der Waals surface area (Å²) in [5, 5.41) is 3.72. The van der Waals surface area contributed by atoms with Gasteiger partial charge in [0, 0.05) is 34.4 Å². The highest BCUT2D eigenvalue weighted by Crippen LogP contribution is 2.27. The zero-order valence-electron chi connectivity index (χ0n) is 10.9. The summed E-state index contributed by atoms with van der Waals surface area (Å²) in [5.41, 5.74) is 2.84. The van der Waals surface area contributed by atoms with Crippen molar-refractivity contribution in [2.75, 3.05) is 12.4 Å². The minimum Gasteiger partial charge on any atom is -0.381 e. The smallest absolute Gasteiger partial charge is 0.124 e. The third kappa shape index (κ3) is 3.72. The first kappa shape index (κ1) is 15.3. The molecule has 0 bridgehead atoms. The lowest BCUT2D eigenvalue weighted by atomic mass is 10.1. The van der Waals surface area contributed by atoms with Gasteiger partial charge in [0.2, 0.25) is 0 Å². The lowest BCUT2D eigenvalue weighted by Gasteiger charge is -2.14. The molecule has 0 atom stereocenters. The van der Waals surface area contributed by atoms with E-state index in [4.69, 9.17) is 16.3 Å². The SMILES string of the molecule is COCc1c(Br)cccc1NCc1ccc(F)cc1Cl. The summed E-state index contributed by atoms with van der Waals surface area (Å²) in [6.45, 7) is 1.02. The Bertz CT molecular complexity index is 606. The third-order valence-corrected chi connectivity index (χ3v) is 3.99. The minimum atomic E-state index is -0.332. The molecule has 0 aliphatic heterocycles. The molecular weight excluding hydrogens is 345 g/mol. The van der Waals surface area contributed by atoms with Crippen molar-refractivity contribution < 1.29 is 9.13 Å². The molecule has 0 heterocycles. The highest BCUT2D eigenvalue weighted by molar-refractivity contribution is 9.10. The normalized spacial score (nSPS) is 10.6. The number of methoxy groups -OCH3 is 1. The number of halogens is 3. The Labute approximate surface area is 131 Å². The number of nitrogens with one attached hydrogen (secondary N) is 1. The Morgan fingerprint density at radius 1 is 1.30 bits per heavy atom. The van der Waals surface area contributed by atoms with Gasteiger partial charge in [0.05, 0.1) is 6.61 Å². The Morgan fingerprint density at radius 3 is 2.80 bits per heavy atom. The molecule has 5 heteroatoms. The van der Waals surface area contributed by atoms with E-state index in [2.05, 4.69) is 21.2 Å². The molecule has 0 aliphatic rings. The van der Waals surface area contributed by atoms with Gasteiger partial charge in [0.15, 0.2) is 0 Å². The Morgan fingerprint density at radius 2 is 2.10 bits per heavy atom. The fraction of sp³-hybridized carbons (Fsp3) is 0.200. The van der Waals surface area contributed by atoms with Gasteiger partial charge in [-0.3, -0.25) is 0 Å². The van der Waals surface area contributed by atoms with Gasteiger partial charge < -0.3 is 10.1 Å². The molecule has 2 rings (SSSR count). The average molecular weight is 359 g/mol. The van der Waals surface area contributed by atoms with Crippen molar-refractivity contribution in [3.05, 3.63) is 62.8 Å². The van der Waals surface area contributed by atoms with E-state index in [-0.39, 0.29) is 5.82 Å². The number of benzene rings is 2. The van der Waals surface area contributed by atoms with Crippen LogP contribution in [0.1, 0.15) is 11.1 Å². The van der Waals surface area contributed by atoms with E-state index in [1.54, 1.807) is 13.2 Å². The van der Waals surface area contributed by atoms with Crippen LogP contribution in [0.4, 0.5) is 10.1 Å². The van der Waals surface area contributed by atoms with E-state index in [1.165, 1.54) is 12.1 Å². The van der Waals surface area contributed by atoms with Gasteiger partial charge in [-0.15, -0.1) is 0 Å². The van der Waals surface area contributed by atoms with Crippen LogP contribution in [0.3, 0.4) is 0 Å². The number of ether oxygens (including phenoxy) is 1. The highest BCUT2D eigenvalue weighted by Gasteiger charge is 2.07. The molecule has 0 saturated carbocycles. The third-order valence-electron chi connectivity index (χ3n) is 2.89. The average Bonchev–Trinajstić information content (AvgIpc) is 2.41. The molecule has 0 amide bonds. The Balaban J connectivity index is 2.16. The van der Waals surface area contributed by atoms with E-state index in [9.17, 15) is 4.39 Å². The summed E-state index contributed by atoms with van der Waals surface area (Å²) in [6, 6.07) is 10.3. The minimum absolute atomic E-state index is 0.332. The van der Waals surface area contributed by atoms with E-state index in [1.807, 2.05) is 18.2 Å². The van der Waals surface area contributed by atoms with Crippen LogP contribution in [-0.2, 0) is 17.9 Å². The second-order valence-electron chi connectivity index (χ2n) is 4.29. The Kier molecular flexibility index (Phi) is 5.40. The summed E-state index contributed by atoms with van der Waals surface area (Å²) in [5.74, 6) is -0.332. The first-order valence-electron chi connectivity index (χ1n) is 6.06. The fourth-order valence-corrected chi connectivity index (χ4v) is 2.59. The van der Waals surface area contributed by atoms with Crippen LogP contribution in [0, 0.1) is 5.82 Å². The van der Waals surface area contributed by atoms with Crippen molar-refractivity contribution in [1.29, 1.82) is 0 Å². The first-order chi connectivity index (χ1) is 9.61. The molecule has 1 N–H and O–H groups in total. The van der Waals surface area contributed by atoms with Crippen molar-refractivity contribution in [3.63, 3.8) is 0 Å². The summed E-state index contributed by atoms with van der Waals surface area (Å²) in [6.07, 6.45) is 0. The van der Waals surface area contributed by atoms with Gasteiger partial charge in [-0.05, 0) is 29.8 Å². The van der Waals surface area contributed by atoms with Gasteiger partial charge in [-0.25, -0.2) is 4.39 Å². The number of hydrogen-bond acceptors (Lipinski definition) is 2. The maximum atomic E-state index is 13.0. The molecule has 0 aliphatic carbocycles.